The van der Waals surface area contributed by atoms with Crippen LogP contribution in [-0.2, 0) is 0 Å². The van der Waals surface area contributed by atoms with Crippen molar-refractivity contribution in [2.24, 2.45) is 5.73 Å². The van der Waals surface area contributed by atoms with Crippen LogP contribution in [0.4, 0.5) is 0 Å². The first kappa shape index (κ1) is 13.7. The van der Waals surface area contributed by atoms with E-state index in [2.05, 4.69) is 0 Å². The Kier molecular flexibility index (Phi) is 4.29. The highest BCUT2D eigenvalue weighted by Gasteiger charge is 2.21. The molecule has 19 heavy (non-hydrogen) atoms. The fraction of sp³-hybridized carbons (Fsp3) is 0.286. The van der Waals surface area contributed by atoms with E-state index in [4.69, 9.17) is 19.9 Å². The predicted octanol–water partition coefficient (Wildman–Crippen LogP) is 2.82. The predicted molar refractivity (Wildman–Crippen MR) is 76.4 cm³/mol. The van der Waals surface area contributed by atoms with Crippen LogP contribution in [0.2, 0.25) is 0 Å². The van der Waals surface area contributed by atoms with Crippen molar-refractivity contribution in [3.63, 3.8) is 0 Å². The van der Waals surface area contributed by atoms with E-state index in [1.165, 1.54) is 0 Å². The van der Waals surface area contributed by atoms with E-state index in [0.717, 1.165) is 10.4 Å². The van der Waals surface area contributed by atoms with Gasteiger partial charge in [0.1, 0.15) is 17.2 Å². The number of rotatable bonds is 5. The Balaban J connectivity index is 2.54. The maximum Gasteiger partial charge on any atom is 0.131 e. The molecule has 0 aliphatic heterocycles. The zero-order chi connectivity index (χ0) is 13.8. The highest BCUT2D eigenvalue weighted by atomic mass is 32.1. The molecule has 2 N–H and O–H groups in total. The van der Waals surface area contributed by atoms with Crippen LogP contribution in [0.5, 0.6) is 17.2 Å². The van der Waals surface area contributed by atoms with Gasteiger partial charge in [-0.1, -0.05) is 6.07 Å². The van der Waals surface area contributed by atoms with E-state index in [9.17, 15) is 0 Å². The van der Waals surface area contributed by atoms with Gasteiger partial charge in [-0.05, 0) is 11.4 Å². The SMILES string of the molecule is COc1cc(OC)c([C@@H](N)c2cccs2)c(OC)c1. The minimum atomic E-state index is -0.282. The molecule has 1 heterocycles. The molecule has 0 spiro atoms. The summed E-state index contributed by atoms with van der Waals surface area (Å²) in [5, 5.41) is 2.00. The lowest BCUT2D eigenvalue weighted by molar-refractivity contribution is 0.367. The topological polar surface area (TPSA) is 53.7 Å². The highest BCUT2D eigenvalue weighted by molar-refractivity contribution is 7.10. The summed E-state index contributed by atoms with van der Waals surface area (Å²) < 4.78 is 16.1. The summed E-state index contributed by atoms with van der Waals surface area (Å²) in [5.41, 5.74) is 7.14. The second-order valence-corrected chi connectivity index (χ2v) is 4.92. The smallest absolute Gasteiger partial charge is 0.131 e. The van der Waals surface area contributed by atoms with Crippen molar-refractivity contribution in [3.05, 3.63) is 40.1 Å². The van der Waals surface area contributed by atoms with Crippen LogP contribution in [0.25, 0.3) is 0 Å². The zero-order valence-electron chi connectivity index (χ0n) is 11.2. The minimum absolute atomic E-state index is 0.282. The summed E-state index contributed by atoms with van der Waals surface area (Å²) in [4.78, 5) is 1.06. The standard InChI is InChI=1S/C14H17NO3S/c1-16-9-7-10(17-2)13(11(8-9)18-3)14(15)12-5-4-6-19-12/h4-8,14H,15H2,1-3H3/t14-/m0/s1. The molecule has 5 heteroatoms. The molecule has 1 atom stereocenters. The van der Waals surface area contributed by atoms with Crippen LogP contribution >= 0.6 is 11.3 Å². The van der Waals surface area contributed by atoms with Gasteiger partial charge in [0.15, 0.2) is 0 Å². The highest BCUT2D eigenvalue weighted by Crippen LogP contribution is 2.40. The Labute approximate surface area is 116 Å². The maximum atomic E-state index is 6.31. The molecule has 0 bridgehead atoms. The van der Waals surface area contributed by atoms with Crippen LogP contribution in [0.15, 0.2) is 29.6 Å². The molecule has 4 nitrogen and oxygen atoms in total. The molecule has 0 amide bonds. The summed E-state index contributed by atoms with van der Waals surface area (Å²) in [6.07, 6.45) is 0. The Bertz CT molecular complexity index is 515. The van der Waals surface area contributed by atoms with E-state index in [1.54, 1.807) is 32.7 Å². The number of thiophene rings is 1. The lowest BCUT2D eigenvalue weighted by Gasteiger charge is -2.19. The van der Waals surface area contributed by atoms with Crippen molar-refractivity contribution in [2.45, 2.75) is 6.04 Å². The molecule has 2 aromatic rings. The number of benzene rings is 1. The van der Waals surface area contributed by atoms with Crippen LogP contribution in [-0.4, -0.2) is 21.3 Å². The van der Waals surface area contributed by atoms with Crippen molar-refractivity contribution >= 4 is 11.3 Å². The van der Waals surface area contributed by atoms with Crippen molar-refractivity contribution in [2.75, 3.05) is 21.3 Å². The number of methoxy groups -OCH3 is 3. The third kappa shape index (κ3) is 2.67. The van der Waals surface area contributed by atoms with Gasteiger partial charge in [-0.15, -0.1) is 11.3 Å². The third-order valence-corrected chi connectivity index (χ3v) is 3.87. The van der Waals surface area contributed by atoms with Crippen molar-refractivity contribution < 1.29 is 14.2 Å². The number of ether oxygens (including phenoxy) is 3. The van der Waals surface area contributed by atoms with E-state index >= 15 is 0 Å². The Hall–Kier alpha value is -1.72. The molecular formula is C14H17NO3S. The Morgan fingerprint density at radius 3 is 2.11 bits per heavy atom. The summed E-state index contributed by atoms with van der Waals surface area (Å²) >= 11 is 1.61. The fourth-order valence-corrected chi connectivity index (χ4v) is 2.69. The Morgan fingerprint density at radius 2 is 1.68 bits per heavy atom. The van der Waals surface area contributed by atoms with Gasteiger partial charge in [-0.2, -0.15) is 0 Å². The molecule has 1 aromatic heterocycles. The van der Waals surface area contributed by atoms with Gasteiger partial charge in [-0.3, -0.25) is 0 Å². The molecule has 0 unspecified atom stereocenters. The molecule has 0 aliphatic rings. The van der Waals surface area contributed by atoms with E-state index in [-0.39, 0.29) is 6.04 Å². The van der Waals surface area contributed by atoms with Gasteiger partial charge >= 0.3 is 0 Å². The summed E-state index contributed by atoms with van der Waals surface area (Å²) in [5.74, 6) is 2.00. The summed E-state index contributed by atoms with van der Waals surface area (Å²) in [6.45, 7) is 0. The largest absolute Gasteiger partial charge is 0.496 e. The minimum Gasteiger partial charge on any atom is -0.496 e. The average molecular weight is 279 g/mol. The van der Waals surface area contributed by atoms with Gasteiger partial charge in [-0.25, -0.2) is 0 Å². The molecule has 2 rings (SSSR count). The second-order valence-electron chi connectivity index (χ2n) is 3.94. The first-order valence-corrected chi connectivity index (χ1v) is 6.68. The van der Waals surface area contributed by atoms with Crippen molar-refractivity contribution in [1.29, 1.82) is 0 Å². The summed E-state index contributed by atoms with van der Waals surface area (Å²) in [6, 6.07) is 7.31. The van der Waals surface area contributed by atoms with E-state index < -0.39 is 0 Å². The van der Waals surface area contributed by atoms with Gasteiger partial charge in [0.25, 0.3) is 0 Å². The van der Waals surface area contributed by atoms with E-state index in [1.807, 2.05) is 29.6 Å². The van der Waals surface area contributed by atoms with Crippen LogP contribution in [0.1, 0.15) is 16.5 Å². The number of hydrogen-bond acceptors (Lipinski definition) is 5. The molecule has 0 radical (unpaired) electrons. The second kappa shape index (κ2) is 5.95. The molecular weight excluding hydrogens is 262 g/mol. The average Bonchev–Trinajstić information content (AvgIpc) is 2.99. The normalized spacial score (nSPS) is 12.0. The van der Waals surface area contributed by atoms with E-state index in [0.29, 0.717) is 17.2 Å². The zero-order valence-corrected chi connectivity index (χ0v) is 12.0. The fourth-order valence-electron chi connectivity index (χ4n) is 1.95. The third-order valence-electron chi connectivity index (χ3n) is 2.91. The van der Waals surface area contributed by atoms with Crippen molar-refractivity contribution in [1.82, 2.24) is 0 Å². The lowest BCUT2D eigenvalue weighted by atomic mass is 10.0. The first-order valence-electron chi connectivity index (χ1n) is 5.80. The van der Waals surface area contributed by atoms with Crippen molar-refractivity contribution in [3.8, 4) is 17.2 Å². The molecule has 0 aliphatic carbocycles. The molecule has 0 saturated carbocycles. The monoisotopic (exact) mass is 279 g/mol. The lowest BCUT2D eigenvalue weighted by Crippen LogP contribution is -2.13. The quantitative estimate of drug-likeness (QED) is 0.914. The van der Waals surface area contributed by atoms with Crippen LogP contribution in [0.3, 0.4) is 0 Å². The van der Waals surface area contributed by atoms with Gasteiger partial charge < -0.3 is 19.9 Å². The van der Waals surface area contributed by atoms with Gasteiger partial charge in [0, 0.05) is 17.0 Å². The van der Waals surface area contributed by atoms with Crippen LogP contribution in [0, 0.1) is 0 Å². The number of nitrogens with two attached hydrogens (primary N) is 1. The summed E-state index contributed by atoms with van der Waals surface area (Å²) in [7, 11) is 4.82. The van der Waals surface area contributed by atoms with Crippen LogP contribution < -0.4 is 19.9 Å². The molecule has 0 fully saturated rings. The van der Waals surface area contributed by atoms with Gasteiger partial charge in [0.2, 0.25) is 0 Å². The maximum absolute atomic E-state index is 6.31. The van der Waals surface area contributed by atoms with Gasteiger partial charge in [0.05, 0.1) is 32.9 Å². The first-order chi connectivity index (χ1) is 9.21. The molecule has 102 valence electrons. The molecule has 0 saturated heterocycles. The number of hydrogen-bond donors (Lipinski definition) is 1. The Morgan fingerprint density at radius 1 is 1.05 bits per heavy atom. The molecule has 1 aromatic carbocycles.